The lowest BCUT2D eigenvalue weighted by Crippen LogP contribution is -2.47. The summed E-state index contributed by atoms with van der Waals surface area (Å²) in [6.07, 6.45) is 3.68. The quantitative estimate of drug-likeness (QED) is 0.247. The summed E-state index contributed by atoms with van der Waals surface area (Å²) in [6, 6.07) is 23.3. The van der Waals surface area contributed by atoms with E-state index in [4.69, 9.17) is 18.9 Å². The highest BCUT2D eigenvalue weighted by molar-refractivity contribution is 9.10. The number of benzene rings is 3. The van der Waals surface area contributed by atoms with Crippen LogP contribution in [0.2, 0.25) is 0 Å². The molecule has 5 rings (SSSR count). The van der Waals surface area contributed by atoms with Gasteiger partial charge in [0.15, 0.2) is 5.79 Å². The predicted octanol–water partition coefficient (Wildman–Crippen LogP) is 6.59. The number of fused-ring (bicyclic) bond motifs is 1. The van der Waals surface area contributed by atoms with Gasteiger partial charge in [0.2, 0.25) is 0 Å². The summed E-state index contributed by atoms with van der Waals surface area (Å²) in [5.41, 5.74) is 5.68. The highest BCUT2D eigenvalue weighted by atomic mass is 79.9. The molecule has 2 aliphatic rings. The summed E-state index contributed by atoms with van der Waals surface area (Å²) in [5, 5.41) is 10.0. The van der Waals surface area contributed by atoms with Gasteiger partial charge in [-0.1, -0.05) is 71.7 Å². The summed E-state index contributed by atoms with van der Waals surface area (Å²) < 4.78 is 25.7. The smallest absolute Gasteiger partial charge is 0.197 e. The maximum atomic E-state index is 10.0. The van der Waals surface area contributed by atoms with Gasteiger partial charge in [-0.05, 0) is 53.8 Å². The van der Waals surface area contributed by atoms with Crippen molar-refractivity contribution in [1.29, 1.82) is 0 Å². The molecule has 1 fully saturated rings. The van der Waals surface area contributed by atoms with Crippen LogP contribution in [0.5, 0.6) is 5.75 Å². The standard InChI is InChI=1S/C33H40BrNO5/c1-3-4-15-38-28-20-29(23-36)40-33(21-28,37-2)27-11-12-30(34)26(19-27)17-25-10-13-32-31(18-25)35(14-16-39-32)22-24-8-6-5-7-9-24/h5-13,18-19,28-29,36H,3-4,14-17,20-23H2,1-2H3/t28-,29-,33?/m0/s1. The fraction of sp³-hybridized carbons (Fsp3) is 0.455. The third-order valence-electron chi connectivity index (χ3n) is 7.84. The molecular formula is C33H40BrNO5. The van der Waals surface area contributed by atoms with Crippen LogP contribution in [0.15, 0.2) is 71.2 Å². The number of hydrogen-bond donors (Lipinski definition) is 1. The first kappa shape index (κ1) is 29.1. The van der Waals surface area contributed by atoms with E-state index < -0.39 is 5.79 Å². The van der Waals surface area contributed by atoms with Gasteiger partial charge in [0.05, 0.1) is 31.0 Å². The van der Waals surface area contributed by atoms with Gasteiger partial charge in [0.25, 0.3) is 0 Å². The van der Waals surface area contributed by atoms with Gasteiger partial charge in [-0.2, -0.15) is 0 Å². The van der Waals surface area contributed by atoms with E-state index in [9.17, 15) is 5.11 Å². The molecule has 40 heavy (non-hydrogen) atoms. The van der Waals surface area contributed by atoms with Gasteiger partial charge in [-0.15, -0.1) is 0 Å². The second-order valence-corrected chi connectivity index (χ2v) is 11.6. The molecule has 1 saturated heterocycles. The maximum Gasteiger partial charge on any atom is 0.197 e. The number of methoxy groups -OCH3 is 1. The minimum absolute atomic E-state index is 0.0410. The van der Waals surface area contributed by atoms with Crippen molar-refractivity contribution in [3.8, 4) is 5.75 Å². The molecular weight excluding hydrogens is 570 g/mol. The third kappa shape index (κ3) is 6.72. The molecule has 0 spiro atoms. The highest BCUT2D eigenvalue weighted by Gasteiger charge is 2.44. The second-order valence-electron chi connectivity index (χ2n) is 10.7. The van der Waals surface area contributed by atoms with Crippen molar-refractivity contribution in [1.82, 2.24) is 0 Å². The van der Waals surface area contributed by atoms with Gasteiger partial charge in [-0.3, -0.25) is 0 Å². The fourth-order valence-corrected chi connectivity index (χ4v) is 6.06. The van der Waals surface area contributed by atoms with Crippen molar-refractivity contribution in [2.24, 2.45) is 0 Å². The van der Waals surface area contributed by atoms with Crippen LogP contribution in [0.3, 0.4) is 0 Å². The zero-order valence-electron chi connectivity index (χ0n) is 23.5. The van der Waals surface area contributed by atoms with Crippen molar-refractivity contribution in [2.45, 2.75) is 63.6 Å². The molecule has 3 atom stereocenters. The lowest BCUT2D eigenvalue weighted by molar-refractivity contribution is -0.302. The lowest BCUT2D eigenvalue weighted by atomic mass is 9.90. The first-order chi connectivity index (χ1) is 19.5. The molecule has 1 N–H and O–H groups in total. The Hall–Kier alpha value is -2.42. The average Bonchev–Trinajstić information content (AvgIpc) is 2.99. The Labute approximate surface area is 246 Å². The molecule has 2 heterocycles. The molecule has 0 saturated carbocycles. The molecule has 0 aliphatic carbocycles. The summed E-state index contributed by atoms with van der Waals surface area (Å²) in [7, 11) is 1.68. The molecule has 3 aromatic carbocycles. The van der Waals surface area contributed by atoms with Crippen LogP contribution in [0.1, 0.15) is 54.9 Å². The molecule has 2 aliphatic heterocycles. The Kier molecular flexibility index (Phi) is 9.81. The zero-order valence-corrected chi connectivity index (χ0v) is 25.1. The van der Waals surface area contributed by atoms with Crippen LogP contribution in [0, 0.1) is 0 Å². The summed E-state index contributed by atoms with van der Waals surface area (Å²) >= 11 is 3.78. The Balaban J connectivity index is 1.39. The molecule has 3 aromatic rings. The van der Waals surface area contributed by atoms with E-state index in [1.165, 1.54) is 11.1 Å². The predicted molar refractivity (Wildman–Crippen MR) is 161 cm³/mol. The maximum absolute atomic E-state index is 10.0. The Morgan fingerprint density at radius 1 is 1.07 bits per heavy atom. The normalized spacial score (nSPS) is 22.6. The van der Waals surface area contributed by atoms with Gasteiger partial charge >= 0.3 is 0 Å². The minimum atomic E-state index is -0.978. The number of halogens is 1. The van der Waals surface area contributed by atoms with Gasteiger partial charge in [0, 0.05) is 43.1 Å². The highest BCUT2D eigenvalue weighted by Crippen LogP contribution is 2.41. The molecule has 0 bridgehead atoms. The largest absolute Gasteiger partial charge is 0.490 e. The monoisotopic (exact) mass is 609 g/mol. The van der Waals surface area contributed by atoms with Crippen molar-refractivity contribution in [2.75, 3.05) is 38.4 Å². The van der Waals surface area contributed by atoms with E-state index in [-0.39, 0.29) is 18.8 Å². The van der Waals surface area contributed by atoms with Crippen molar-refractivity contribution < 1.29 is 24.1 Å². The first-order valence-electron chi connectivity index (χ1n) is 14.3. The summed E-state index contributed by atoms with van der Waals surface area (Å²) in [5.74, 6) is -0.0504. The molecule has 7 heteroatoms. The molecule has 0 radical (unpaired) electrons. The van der Waals surface area contributed by atoms with Crippen LogP contribution in [-0.2, 0) is 33.0 Å². The molecule has 6 nitrogen and oxygen atoms in total. The molecule has 214 valence electrons. The minimum Gasteiger partial charge on any atom is -0.490 e. The van der Waals surface area contributed by atoms with Crippen molar-refractivity contribution >= 4 is 21.6 Å². The fourth-order valence-electron chi connectivity index (χ4n) is 5.67. The SMILES string of the molecule is CCCCO[C@H]1C[C@@H](CO)OC(OC)(c2ccc(Br)c(Cc3ccc4c(c3)N(Cc3ccccc3)CCO4)c2)C1. The number of aliphatic hydroxyl groups excluding tert-OH is 1. The third-order valence-corrected chi connectivity index (χ3v) is 8.62. The van der Waals surface area contributed by atoms with E-state index in [1.807, 2.05) is 6.07 Å². The van der Waals surface area contributed by atoms with Crippen LogP contribution in [-0.4, -0.2) is 50.8 Å². The zero-order chi connectivity index (χ0) is 28.0. The molecule has 0 aromatic heterocycles. The van der Waals surface area contributed by atoms with Crippen molar-refractivity contribution in [3.05, 3.63) is 93.5 Å². The molecule has 0 amide bonds. The van der Waals surface area contributed by atoms with Gasteiger partial charge in [-0.25, -0.2) is 0 Å². The van der Waals surface area contributed by atoms with Crippen LogP contribution in [0.25, 0.3) is 0 Å². The number of hydrogen-bond acceptors (Lipinski definition) is 6. The number of rotatable bonds is 11. The van der Waals surface area contributed by atoms with E-state index in [0.717, 1.165) is 59.4 Å². The second kappa shape index (κ2) is 13.5. The number of aliphatic hydroxyl groups is 1. The topological polar surface area (TPSA) is 60.4 Å². The first-order valence-corrected chi connectivity index (χ1v) is 15.1. The van der Waals surface area contributed by atoms with E-state index in [0.29, 0.717) is 26.1 Å². The Morgan fingerprint density at radius 3 is 2.70 bits per heavy atom. The number of anilines is 1. The average molecular weight is 611 g/mol. The lowest BCUT2D eigenvalue weighted by Gasteiger charge is -2.43. The van der Waals surface area contributed by atoms with E-state index in [2.05, 4.69) is 88.4 Å². The van der Waals surface area contributed by atoms with Gasteiger partial charge in [0.1, 0.15) is 12.4 Å². The van der Waals surface area contributed by atoms with Crippen LogP contribution >= 0.6 is 15.9 Å². The van der Waals surface area contributed by atoms with Crippen LogP contribution in [0.4, 0.5) is 5.69 Å². The Morgan fingerprint density at radius 2 is 1.93 bits per heavy atom. The van der Waals surface area contributed by atoms with Crippen molar-refractivity contribution in [3.63, 3.8) is 0 Å². The Bertz CT molecular complexity index is 1250. The molecule has 1 unspecified atom stereocenters. The number of nitrogens with zero attached hydrogens (tertiary/aromatic N) is 1. The van der Waals surface area contributed by atoms with Gasteiger partial charge < -0.3 is 29.0 Å². The summed E-state index contributed by atoms with van der Waals surface area (Å²) in [6.45, 7) is 5.17. The van der Waals surface area contributed by atoms with Crippen LogP contribution < -0.4 is 9.64 Å². The number of unbranched alkanes of at least 4 members (excludes halogenated alkanes) is 1. The van der Waals surface area contributed by atoms with E-state index in [1.54, 1.807) is 7.11 Å². The van der Waals surface area contributed by atoms with E-state index >= 15 is 0 Å². The summed E-state index contributed by atoms with van der Waals surface area (Å²) in [4.78, 5) is 2.40. The number of ether oxygens (including phenoxy) is 4.